The molecule has 0 unspecified atom stereocenters. The van der Waals surface area contributed by atoms with Crippen molar-refractivity contribution in [2.45, 2.75) is 6.42 Å². The van der Waals surface area contributed by atoms with Crippen molar-refractivity contribution in [3.05, 3.63) is 28.7 Å². The van der Waals surface area contributed by atoms with E-state index in [4.69, 9.17) is 9.76 Å². The van der Waals surface area contributed by atoms with E-state index in [0.29, 0.717) is 18.5 Å². The van der Waals surface area contributed by atoms with Crippen molar-refractivity contribution in [3.8, 4) is 0 Å². The van der Waals surface area contributed by atoms with Gasteiger partial charge in [-0.2, -0.15) is 0 Å². The van der Waals surface area contributed by atoms with Gasteiger partial charge in [0.05, 0.1) is 0 Å². The van der Waals surface area contributed by atoms with Gasteiger partial charge in [0.2, 0.25) is 0 Å². The number of aliphatic hydroxyl groups is 1. The van der Waals surface area contributed by atoms with Crippen LogP contribution in [0.1, 0.15) is 6.42 Å². The van der Waals surface area contributed by atoms with Crippen LogP contribution in [0.2, 0.25) is 0 Å². The monoisotopic (exact) mass is 258 g/mol. The van der Waals surface area contributed by atoms with Gasteiger partial charge in [-0.15, -0.1) is 0 Å². The predicted octanol–water partition coefficient (Wildman–Crippen LogP) is 0.536. The van der Waals surface area contributed by atoms with Crippen LogP contribution in [0.25, 0.3) is 0 Å². The minimum Gasteiger partial charge on any atom is -0.423 e. The molecule has 2 N–H and O–H groups in total. The first kappa shape index (κ1) is 11.7. The van der Waals surface area contributed by atoms with Crippen LogP contribution in [0.4, 0.5) is 0 Å². The van der Waals surface area contributed by atoms with Gasteiger partial charge in [-0.05, 0) is 24.0 Å². The fourth-order valence-electron chi connectivity index (χ4n) is 0.983. The molecule has 3 nitrogen and oxygen atoms in total. The van der Waals surface area contributed by atoms with Gasteiger partial charge >= 0.3 is 7.12 Å². The highest BCUT2D eigenvalue weighted by Gasteiger charge is 2.15. The van der Waals surface area contributed by atoms with Crippen LogP contribution in [0.15, 0.2) is 28.7 Å². The van der Waals surface area contributed by atoms with Crippen LogP contribution in [0.5, 0.6) is 0 Å². The highest BCUT2D eigenvalue weighted by Crippen LogP contribution is 2.05. The summed E-state index contributed by atoms with van der Waals surface area (Å²) < 4.78 is 6.05. The molecule has 76 valence electrons. The number of hydrogen-bond donors (Lipinski definition) is 2. The van der Waals surface area contributed by atoms with Crippen molar-refractivity contribution in [3.63, 3.8) is 0 Å². The molecule has 0 radical (unpaired) electrons. The summed E-state index contributed by atoms with van der Waals surface area (Å²) in [4.78, 5) is 0. The third-order valence-electron chi connectivity index (χ3n) is 1.73. The molecule has 0 fully saturated rings. The molecule has 0 aliphatic rings. The summed E-state index contributed by atoms with van der Waals surface area (Å²) in [5.41, 5.74) is 0.714. The molecule has 0 aliphatic heterocycles. The number of rotatable bonds is 5. The van der Waals surface area contributed by atoms with Gasteiger partial charge in [0, 0.05) is 17.7 Å². The first-order valence-corrected chi connectivity index (χ1v) is 5.19. The lowest BCUT2D eigenvalue weighted by molar-refractivity contribution is 0.216. The smallest absolute Gasteiger partial charge is 0.423 e. The van der Waals surface area contributed by atoms with E-state index in [-0.39, 0.29) is 6.61 Å². The fraction of sp³-hybridized carbons (Fsp3) is 0.333. The van der Waals surface area contributed by atoms with Gasteiger partial charge in [0.15, 0.2) is 0 Å². The fourth-order valence-corrected chi connectivity index (χ4v) is 1.25. The second-order valence-electron chi connectivity index (χ2n) is 2.85. The molecule has 0 amide bonds. The Hall–Kier alpha value is -0.355. The molecule has 0 bridgehead atoms. The molecule has 0 aliphatic carbocycles. The Kier molecular flexibility index (Phi) is 5.18. The normalized spacial score (nSPS) is 10.2. The Morgan fingerprint density at radius 2 is 1.93 bits per heavy atom. The molecule has 0 heterocycles. The maximum atomic E-state index is 9.52. The van der Waals surface area contributed by atoms with Crippen LogP contribution in [0, 0.1) is 0 Å². The van der Waals surface area contributed by atoms with Gasteiger partial charge in [-0.1, -0.05) is 28.1 Å². The Morgan fingerprint density at radius 1 is 1.29 bits per heavy atom. The van der Waals surface area contributed by atoms with E-state index >= 15 is 0 Å². The van der Waals surface area contributed by atoms with Crippen LogP contribution >= 0.6 is 15.9 Å². The molecule has 0 saturated heterocycles. The first-order chi connectivity index (χ1) is 6.74. The van der Waals surface area contributed by atoms with Gasteiger partial charge in [0.1, 0.15) is 0 Å². The molecule has 0 saturated carbocycles. The molecular formula is C9H12BBrO3. The minimum atomic E-state index is -0.908. The van der Waals surface area contributed by atoms with E-state index in [0.717, 1.165) is 4.47 Å². The molecule has 5 heteroatoms. The summed E-state index contributed by atoms with van der Waals surface area (Å²) in [5, 5.41) is 18.0. The zero-order chi connectivity index (χ0) is 10.4. The highest BCUT2D eigenvalue weighted by atomic mass is 79.9. The van der Waals surface area contributed by atoms with Crippen molar-refractivity contribution in [1.29, 1.82) is 0 Å². The number of aliphatic hydroxyl groups excluding tert-OH is 1. The van der Waals surface area contributed by atoms with Gasteiger partial charge in [-0.25, -0.2) is 0 Å². The molecule has 1 rings (SSSR count). The SMILES string of the molecule is OCCCOB(O)c1ccc(Br)cc1. The van der Waals surface area contributed by atoms with E-state index in [2.05, 4.69) is 15.9 Å². The second kappa shape index (κ2) is 6.19. The molecule has 1 aromatic rings. The largest absolute Gasteiger partial charge is 0.491 e. The summed E-state index contributed by atoms with van der Waals surface area (Å²) in [7, 11) is -0.908. The zero-order valence-electron chi connectivity index (χ0n) is 7.69. The maximum Gasteiger partial charge on any atom is 0.491 e. The lowest BCUT2D eigenvalue weighted by Gasteiger charge is -2.07. The Balaban J connectivity index is 2.43. The summed E-state index contributed by atoms with van der Waals surface area (Å²) in [6, 6.07) is 7.25. The first-order valence-electron chi connectivity index (χ1n) is 4.40. The number of halogens is 1. The van der Waals surface area contributed by atoms with Crippen molar-refractivity contribution in [1.82, 2.24) is 0 Å². The van der Waals surface area contributed by atoms with E-state index in [1.165, 1.54) is 0 Å². The second-order valence-corrected chi connectivity index (χ2v) is 3.77. The third-order valence-corrected chi connectivity index (χ3v) is 2.26. The van der Waals surface area contributed by atoms with E-state index < -0.39 is 7.12 Å². The van der Waals surface area contributed by atoms with Crippen molar-refractivity contribution in [2.24, 2.45) is 0 Å². The molecule has 1 aromatic carbocycles. The maximum absolute atomic E-state index is 9.52. The molecule has 0 spiro atoms. The Labute approximate surface area is 92.0 Å². The van der Waals surface area contributed by atoms with Crippen molar-refractivity contribution >= 4 is 28.5 Å². The minimum absolute atomic E-state index is 0.0764. The Bertz CT molecular complexity index is 265. The number of hydrogen-bond acceptors (Lipinski definition) is 3. The van der Waals surface area contributed by atoms with E-state index in [1.54, 1.807) is 12.1 Å². The van der Waals surface area contributed by atoms with Crippen molar-refractivity contribution in [2.75, 3.05) is 13.2 Å². The van der Waals surface area contributed by atoms with Gasteiger partial charge < -0.3 is 14.8 Å². The molecular weight excluding hydrogens is 247 g/mol. The quantitative estimate of drug-likeness (QED) is 0.599. The summed E-state index contributed by atoms with van der Waals surface area (Å²) >= 11 is 3.30. The summed E-state index contributed by atoms with van der Waals surface area (Å²) in [5.74, 6) is 0. The van der Waals surface area contributed by atoms with Crippen molar-refractivity contribution < 1.29 is 14.8 Å². The standard InChI is InChI=1S/C9H12BBrO3/c11-9-4-2-8(3-5-9)10(13)14-7-1-6-12/h2-5,12-13H,1,6-7H2. The summed E-state index contributed by atoms with van der Waals surface area (Å²) in [6.07, 6.45) is 0.535. The predicted molar refractivity (Wildman–Crippen MR) is 59.4 cm³/mol. The summed E-state index contributed by atoms with van der Waals surface area (Å²) in [6.45, 7) is 0.431. The molecule has 0 atom stereocenters. The van der Waals surface area contributed by atoms with Crippen LogP contribution in [0.3, 0.4) is 0 Å². The van der Waals surface area contributed by atoms with E-state index in [1.807, 2.05) is 12.1 Å². The Morgan fingerprint density at radius 3 is 2.50 bits per heavy atom. The van der Waals surface area contributed by atoms with Crippen LogP contribution < -0.4 is 5.46 Å². The highest BCUT2D eigenvalue weighted by molar-refractivity contribution is 9.10. The molecule has 0 aromatic heterocycles. The topological polar surface area (TPSA) is 49.7 Å². The van der Waals surface area contributed by atoms with Gasteiger partial charge in [0.25, 0.3) is 0 Å². The number of benzene rings is 1. The molecule has 14 heavy (non-hydrogen) atoms. The van der Waals surface area contributed by atoms with Crippen LogP contribution in [-0.4, -0.2) is 30.5 Å². The average Bonchev–Trinajstić information content (AvgIpc) is 2.19. The van der Waals surface area contributed by atoms with Gasteiger partial charge in [-0.3, -0.25) is 0 Å². The van der Waals surface area contributed by atoms with Crippen LogP contribution in [-0.2, 0) is 4.65 Å². The average molecular weight is 259 g/mol. The third kappa shape index (κ3) is 3.80. The van der Waals surface area contributed by atoms with E-state index in [9.17, 15) is 5.02 Å². The lowest BCUT2D eigenvalue weighted by Crippen LogP contribution is -2.33. The zero-order valence-corrected chi connectivity index (χ0v) is 9.27. The lowest BCUT2D eigenvalue weighted by atomic mass is 9.80.